The van der Waals surface area contributed by atoms with Gasteiger partial charge in [-0.15, -0.1) is 0 Å². The van der Waals surface area contributed by atoms with Crippen LogP contribution in [-0.2, 0) is 6.54 Å². The van der Waals surface area contributed by atoms with Crippen molar-refractivity contribution in [1.29, 1.82) is 0 Å². The molecule has 1 aromatic rings. The van der Waals surface area contributed by atoms with Gasteiger partial charge >= 0.3 is 0 Å². The fourth-order valence-corrected chi connectivity index (χ4v) is 2.19. The summed E-state index contributed by atoms with van der Waals surface area (Å²) >= 11 is 0. The highest BCUT2D eigenvalue weighted by atomic mass is 16.5. The molecule has 1 heterocycles. The summed E-state index contributed by atoms with van der Waals surface area (Å²) in [5, 5.41) is 7.18. The Morgan fingerprint density at radius 3 is 2.87 bits per heavy atom. The average Bonchev–Trinajstić information content (AvgIpc) is 2.76. The predicted molar refractivity (Wildman–Crippen MR) is 58.3 cm³/mol. The summed E-state index contributed by atoms with van der Waals surface area (Å²) in [6, 6.07) is 1.95. The third-order valence-electron chi connectivity index (χ3n) is 3.05. The maximum atomic E-state index is 6.22. The maximum Gasteiger partial charge on any atom is 0.150 e. The van der Waals surface area contributed by atoms with Gasteiger partial charge in [-0.25, -0.2) is 0 Å². The van der Waals surface area contributed by atoms with Crippen molar-refractivity contribution in [2.75, 3.05) is 6.54 Å². The molecule has 1 aromatic heterocycles. The van der Waals surface area contributed by atoms with Gasteiger partial charge in [0.2, 0.25) is 0 Å². The lowest BCUT2D eigenvalue weighted by Crippen LogP contribution is -2.46. The number of hydrogen-bond acceptors (Lipinski definition) is 4. The number of nitrogens with one attached hydrogen (secondary N) is 1. The molecule has 4 heteroatoms. The molecule has 0 saturated heterocycles. The average molecular weight is 209 g/mol. The predicted octanol–water partition coefficient (Wildman–Crippen LogP) is 1.34. The molecule has 2 rings (SSSR count). The number of nitrogens with zero attached hydrogens (tertiary/aromatic N) is 1. The Morgan fingerprint density at radius 2 is 2.27 bits per heavy atom. The van der Waals surface area contributed by atoms with Crippen LogP contribution in [-0.4, -0.2) is 17.2 Å². The van der Waals surface area contributed by atoms with Crippen LogP contribution < -0.4 is 11.1 Å². The van der Waals surface area contributed by atoms with Crippen molar-refractivity contribution in [1.82, 2.24) is 10.5 Å². The van der Waals surface area contributed by atoms with E-state index < -0.39 is 0 Å². The van der Waals surface area contributed by atoms with Gasteiger partial charge in [-0.05, 0) is 19.8 Å². The third-order valence-corrected chi connectivity index (χ3v) is 3.05. The number of rotatable bonds is 4. The summed E-state index contributed by atoms with van der Waals surface area (Å²) in [5.41, 5.74) is 7.15. The second-order valence-electron chi connectivity index (χ2n) is 4.61. The van der Waals surface area contributed by atoms with Crippen LogP contribution in [0.5, 0.6) is 0 Å². The van der Waals surface area contributed by atoms with Gasteiger partial charge in [-0.1, -0.05) is 18.0 Å². The van der Waals surface area contributed by atoms with E-state index in [2.05, 4.69) is 10.5 Å². The summed E-state index contributed by atoms with van der Waals surface area (Å²) in [7, 11) is 0. The Balaban J connectivity index is 1.75. The van der Waals surface area contributed by atoms with Crippen molar-refractivity contribution in [2.45, 2.75) is 44.7 Å². The van der Waals surface area contributed by atoms with E-state index in [1.807, 2.05) is 13.0 Å². The summed E-state index contributed by atoms with van der Waals surface area (Å²) in [6.07, 6.45) is 4.80. The summed E-state index contributed by atoms with van der Waals surface area (Å²) in [5.74, 6) is 0.883. The van der Waals surface area contributed by atoms with Crippen molar-refractivity contribution in [2.24, 2.45) is 5.73 Å². The molecule has 0 spiro atoms. The molecule has 0 radical (unpaired) electrons. The smallest absolute Gasteiger partial charge is 0.150 e. The largest absolute Gasteiger partial charge is 0.360 e. The second-order valence-corrected chi connectivity index (χ2v) is 4.61. The summed E-state index contributed by atoms with van der Waals surface area (Å²) < 4.78 is 5.11. The lowest BCUT2D eigenvalue weighted by molar-refractivity contribution is 0.350. The third kappa shape index (κ3) is 2.79. The zero-order valence-electron chi connectivity index (χ0n) is 9.25. The first-order chi connectivity index (χ1) is 7.18. The van der Waals surface area contributed by atoms with Crippen LogP contribution in [0.25, 0.3) is 0 Å². The number of aromatic nitrogens is 1. The van der Waals surface area contributed by atoms with Gasteiger partial charge in [0.25, 0.3) is 0 Å². The number of nitrogens with two attached hydrogens (primary N) is 1. The Kier molecular flexibility index (Phi) is 3.07. The lowest BCUT2D eigenvalue weighted by atomic mass is 9.99. The molecule has 15 heavy (non-hydrogen) atoms. The number of hydrogen-bond donors (Lipinski definition) is 2. The van der Waals surface area contributed by atoms with E-state index in [0.29, 0.717) is 0 Å². The van der Waals surface area contributed by atoms with E-state index >= 15 is 0 Å². The molecule has 0 aromatic carbocycles. The van der Waals surface area contributed by atoms with Gasteiger partial charge in [0, 0.05) is 18.2 Å². The molecule has 3 N–H and O–H groups in total. The standard InChI is InChI=1S/C11H19N3O/c1-9-6-10(15-14-9)7-13-8-11(12)4-2-3-5-11/h6,13H,2-5,7-8,12H2,1H3. The van der Waals surface area contributed by atoms with Crippen LogP contribution in [0.1, 0.15) is 37.1 Å². The van der Waals surface area contributed by atoms with Crippen LogP contribution in [0.4, 0.5) is 0 Å². The van der Waals surface area contributed by atoms with Crippen molar-refractivity contribution in [3.8, 4) is 0 Å². The van der Waals surface area contributed by atoms with E-state index in [9.17, 15) is 0 Å². The minimum absolute atomic E-state index is 0.00899. The van der Waals surface area contributed by atoms with Crippen LogP contribution in [0.15, 0.2) is 10.6 Å². The van der Waals surface area contributed by atoms with Gasteiger partial charge in [-0.3, -0.25) is 0 Å². The van der Waals surface area contributed by atoms with Gasteiger partial charge in [0.05, 0.1) is 12.2 Å². The maximum absolute atomic E-state index is 6.22. The molecule has 0 bridgehead atoms. The van der Waals surface area contributed by atoms with Crippen molar-refractivity contribution in [3.63, 3.8) is 0 Å². The molecule has 84 valence electrons. The van der Waals surface area contributed by atoms with Gasteiger partial charge in [0.15, 0.2) is 5.76 Å². The zero-order chi connectivity index (χ0) is 10.7. The minimum atomic E-state index is 0.00899. The Morgan fingerprint density at radius 1 is 1.53 bits per heavy atom. The van der Waals surface area contributed by atoms with Crippen LogP contribution in [0.3, 0.4) is 0 Å². The molecular weight excluding hydrogens is 190 g/mol. The van der Waals surface area contributed by atoms with Crippen LogP contribution >= 0.6 is 0 Å². The highest BCUT2D eigenvalue weighted by molar-refractivity contribution is 5.03. The summed E-state index contributed by atoms with van der Waals surface area (Å²) in [4.78, 5) is 0. The van der Waals surface area contributed by atoms with Crippen molar-refractivity contribution >= 4 is 0 Å². The monoisotopic (exact) mass is 209 g/mol. The molecule has 1 aliphatic rings. The Labute approximate surface area is 90.2 Å². The molecular formula is C11H19N3O. The molecule has 1 fully saturated rings. The molecule has 0 atom stereocenters. The topological polar surface area (TPSA) is 64.1 Å². The molecule has 1 aliphatic carbocycles. The van der Waals surface area contributed by atoms with E-state index in [0.717, 1.165) is 37.4 Å². The highest BCUT2D eigenvalue weighted by Crippen LogP contribution is 2.26. The first kappa shape index (κ1) is 10.6. The van der Waals surface area contributed by atoms with Gasteiger partial charge in [-0.2, -0.15) is 0 Å². The van der Waals surface area contributed by atoms with Gasteiger partial charge < -0.3 is 15.6 Å². The second kappa shape index (κ2) is 4.33. The van der Waals surface area contributed by atoms with E-state index in [4.69, 9.17) is 10.3 Å². The highest BCUT2D eigenvalue weighted by Gasteiger charge is 2.28. The van der Waals surface area contributed by atoms with Crippen molar-refractivity contribution < 1.29 is 4.52 Å². The molecule has 0 unspecified atom stereocenters. The minimum Gasteiger partial charge on any atom is -0.360 e. The van der Waals surface area contributed by atoms with Crippen LogP contribution in [0.2, 0.25) is 0 Å². The van der Waals surface area contributed by atoms with Gasteiger partial charge in [0.1, 0.15) is 0 Å². The molecule has 1 saturated carbocycles. The lowest BCUT2D eigenvalue weighted by Gasteiger charge is -2.23. The quantitative estimate of drug-likeness (QED) is 0.785. The normalized spacial score (nSPS) is 19.6. The summed E-state index contributed by atoms with van der Waals surface area (Å²) in [6.45, 7) is 3.51. The first-order valence-corrected chi connectivity index (χ1v) is 5.60. The Bertz CT molecular complexity index is 315. The fraction of sp³-hybridized carbons (Fsp3) is 0.727. The molecule has 4 nitrogen and oxygen atoms in total. The molecule has 0 amide bonds. The van der Waals surface area contributed by atoms with E-state index in [1.165, 1.54) is 12.8 Å². The van der Waals surface area contributed by atoms with Crippen molar-refractivity contribution in [3.05, 3.63) is 17.5 Å². The first-order valence-electron chi connectivity index (χ1n) is 5.60. The van der Waals surface area contributed by atoms with Crippen LogP contribution in [0, 0.1) is 6.92 Å². The Hall–Kier alpha value is -0.870. The fourth-order valence-electron chi connectivity index (χ4n) is 2.19. The van der Waals surface area contributed by atoms with E-state index in [-0.39, 0.29) is 5.54 Å². The number of aryl methyl sites for hydroxylation is 1. The molecule has 0 aliphatic heterocycles. The SMILES string of the molecule is Cc1cc(CNCC2(N)CCCC2)on1. The van der Waals surface area contributed by atoms with E-state index in [1.54, 1.807) is 0 Å². The zero-order valence-corrected chi connectivity index (χ0v) is 9.25.